The zero-order valence-electron chi connectivity index (χ0n) is 13.9. The van der Waals surface area contributed by atoms with Gasteiger partial charge < -0.3 is 19.8 Å². The minimum Gasteiger partial charge on any atom is -0.460 e. The van der Waals surface area contributed by atoms with E-state index in [4.69, 9.17) is 4.74 Å². The smallest absolute Gasteiger partial charge is 0.338 e. The van der Waals surface area contributed by atoms with Crippen LogP contribution in [0.5, 0.6) is 0 Å². The molecule has 0 aliphatic carbocycles. The van der Waals surface area contributed by atoms with Crippen molar-refractivity contribution in [1.29, 1.82) is 0 Å². The van der Waals surface area contributed by atoms with Crippen LogP contribution in [0.15, 0.2) is 60.7 Å². The third-order valence-electron chi connectivity index (χ3n) is 3.63. The molecule has 0 aliphatic rings. The van der Waals surface area contributed by atoms with Gasteiger partial charge >= 0.3 is 13.6 Å². The minimum absolute atomic E-state index is 0.0570. The molecule has 8 heteroatoms. The summed E-state index contributed by atoms with van der Waals surface area (Å²) in [5.41, 5.74) is -0.154. The third-order valence-corrected chi connectivity index (χ3v) is 4.86. The lowest BCUT2D eigenvalue weighted by Gasteiger charge is -2.18. The standard InChI is InChI=1S/C18H20NO6P/c20-17(25-13-15-9-5-2-6-10-15)12-19-18(21)16(26(22,23)24)11-14-7-3-1-4-8-14/h1-10,16H,11-13H2,(H,19,21)(H2,22,23,24). The summed E-state index contributed by atoms with van der Waals surface area (Å²) in [6, 6.07) is 17.5. The molecule has 2 aromatic carbocycles. The molecule has 7 nitrogen and oxygen atoms in total. The van der Waals surface area contributed by atoms with E-state index in [1.54, 1.807) is 54.6 Å². The molecule has 0 radical (unpaired) electrons. The van der Waals surface area contributed by atoms with E-state index in [1.165, 1.54) is 0 Å². The van der Waals surface area contributed by atoms with E-state index < -0.39 is 31.7 Å². The average Bonchev–Trinajstić information content (AvgIpc) is 2.63. The van der Waals surface area contributed by atoms with Crippen LogP contribution in [-0.4, -0.2) is 33.9 Å². The number of carbonyl (C=O) groups is 2. The van der Waals surface area contributed by atoms with E-state index in [-0.39, 0.29) is 13.0 Å². The predicted octanol–water partition coefficient (Wildman–Crippen LogP) is 1.63. The van der Waals surface area contributed by atoms with Gasteiger partial charge in [0.2, 0.25) is 5.91 Å². The molecule has 0 aliphatic heterocycles. The van der Waals surface area contributed by atoms with Gasteiger partial charge in [-0.3, -0.25) is 14.2 Å². The number of hydrogen-bond acceptors (Lipinski definition) is 4. The number of nitrogens with one attached hydrogen (secondary N) is 1. The van der Waals surface area contributed by atoms with Gasteiger partial charge in [0, 0.05) is 0 Å². The van der Waals surface area contributed by atoms with Gasteiger partial charge in [0.25, 0.3) is 0 Å². The molecule has 0 spiro atoms. The lowest BCUT2D eigenvalue weighted by molar-refractivity contribution is -0.145. The summed E-state index contributed by atoms with van der Waals surface area (Å²) >= 11 is 0. The molecular formula is C18H20NO6P. The fourth-order valence-electron chi connectivity index (χ4n) is 2.27. The highest BCUT2D eigenvalue weighted by Gasteiger charge is 2.35. The molecule has 0 fully saturated rings. The Labute approximate surface area is 151 Å². The van der Waals surface area contributed by atoms with Crippen molar-refractivity contribution >= 4 is 19.5 Å². The fraction of sp³-hybridized carbons (Fsp3) is 0.222. The number of rotatable bonds is 8. The maximum absolute atomic E-state index is 12.2. The second kappa shape index (κ2) is 9.29. The summed E-state index contributed by atoms with van der Waals surface area (Å²) in [4.78, 5) is 42.8. The second-order valence-corrected chi connectivity index (χ2v) is 7.46. The van der Waals surface area contributed by atoms with Gasteiger partial charge in [0.05, 0.1) is 0 Å². The molecular weight excluding hydrogens is 357 g/mol. The van der Waals surface area contributed by atoms with Crippen LogP contribution in [0, 0.1) is 0 Å². The van der Waals surface area contributed by atoms with E-state index in [0.717, 1.165) is 5.56 Å². The second-order valence-electron chi connectivity index (χ2n) is 5.66. The van der Waals surface area contributed by atoms with Gasteiger partial charge in [-0.2, -0.15) is 0 Å². The number of hydrogen-bond donors (Lipinski definition) is 3. The maximum atomic E-state index is 12.2. The summed E-state index contributed by atoms with van der Waals surface area (Å²) in [5, 5.41) is 2.24. The van der Waals surface area contributed by atoms with Gasteiger partial charge in [-0.05, 0) is 17.5 Å². The van der Waals surface area contributed by atoms with Gasteiger partial charge in [-0.15, -0.1) is 0 Å². The number of carbonyl (C=O) groups excluding carboxylic acids is 2. The zero-order valence-corrected chi connectivity index (χ0v) is 14.8. The van der Waals surface area contributed by atoms with Crippen molar-refractivity contribution in [2.75, 3.05) is 6.54 Å². The van der Waals surface area contributed by atoms with Crippen molar-refractivity contribution < 1.29 is 28.7 Å². The largest absolute Gasteiger partial charge is 0.460 e. The van der Waals surface area contributed by atoms with Gasteiger partial charge in [-0.25, -0.2) is 0 Å². The van der Waals surface area contributed by atoms with Crippen molar-refractivity contribution in [3.63, 3.8) is 0 Å². The van der Waals surface area contributed by atoms with Crippen LogP contribution in [0.4, 0.5) is 0 Å². The van der Waals surface area contributed by atoms with E-state index in [2.05, 4.69) is 5.32 Å². The van der Waals surface area contributed by atoms with E-state index in [9.17, 15) is 23.9 Å². The van der Waals surface area contributed by atoms with E-state index in [0.29, 0.717) is 5.56 Å². The molecule has 0 aromatic heterocycles. The van der Waals surface area contributed by atoms with E-state index in [1.807, 2.05) is 6.07 Å². The molecule has 1 atom stereocenters. The summed E-state index contributed by atoms with van der Waals surface area (Å²) < 4.78 is 16.7. The van der Waals surface area contributed by atoms with Crippen molar-refractivity contribution in [2.24, 2.45) is 0 Å². The molecule has 1 amide bonds. The minimum atomic E-state index is -4.68. The highest BCUT2D eigenvalue weighted by atomic mass is 31.2. The van der Waals surface area contributed by atoms with Crippen molar-refractivity contribution in [3.8, 4) is 0 Å². The van der Waals surface area contributed by atoms with Crippen LogP contribution < -0.4 is 5.32 Å². The van der Waals surface area contributed by atoms with Crippen LogP contribution >= 0.6 is 7.60 Å². The fourth-order valence-corrected chi connectivity index (χ4v) is 3.11. The summed E-state index contributed by atoms with van der Waals surface area (Å²) in [7, 11) is -4.68. The highest BCUT2D eigenvalue weighted by Crippen LogP contribution is 2.42. The van der Waals surface area contributed by atoms with Crippen LogP contribution in [0.25, 0.3) is 0 Å². The van der Waals surface area contributed by atoms with Crippen molar-refractivity contribution in [2.45, 2.75) is 18.7 Å². The SMILES string of the molecule is O=C(CNC(=O)C(Cc1ccccc1)P(=O)(O)O)OCc1ccccc1. The monoisotopic (exact) mass is 377 g/mol. The number of ether oxygens (including phenoxy) is 1. The number of esters is 1. The number of benzene rings is 2. The first-order valence-electron chi connectivity index (χ1n) is 7.92. The zero-order chi connectivity index (χ0) is 19.0. The van der Waals surface area contributed by atoms with Gasteiger partial charge in [0.1, 0.15) is 18.8 Å². The molecule has 2 rings (SSSR count). The molecule has 1 unspecified atom stereocenters. The Morgan fingerprint density at radius 3 is 2.04 bits per heavy atom. The first-order chi connectivity index (χ1) is 12.4. The van der Waals surface area contributed by atoms with Gasteiger partial charge in [-0.1, -0.05) is 60.7 Å². The Balaban J connectivity index is 1.88. The highest BCUT2D eigenvalue weighted by molar-refractivity contribution is 7.53. The maximum Gasteiger partial charge on any atom is 0.338 e. The van der Waals surface area contributed by atoms with Crippen LogP contribution in [0.2, 0.25) is 0 Å². The molecule has 0 saturated carbocycles. The Morgan fingerprint density at radius 1 is 0.962 bits per heavy atom. The van der Waals surface area contributed by atoms with Gasteiger partial charge in [0.15, 0.2) is 0 Å². The molecule has 3 N–H and O–H groups in total. The molecule has 0 saturated heterocycles. The normalized spacial score (nSPS) is 12.2. The van der Waals surface area contributed by atoms with Crippen LogP contribution in [-0.2, 0) is 31.9 Å². The quantitative estimate of drug-likeness (QED) is 0.476. The molecule has 2 aromatic rings. The lowest BCUT2D eigenvalue weighted by atomic mass is 10.1. The Hall–Kier alpha value is -2.47. The summed E-state index contributed by atoms with van der Waals surface area (Å²) in [6.07, 6.45) is -0.129. The predicted molar refractivity (Wildman–Crippen MR) is 95.2 cm³/mol. The first-order valence-corrected chi connectivity index (χ1v) is 9.61. The van der Waals surface area contributed by atoms with Crippen molar-refractivity contribution in [3.05, 3.63) is 71.8 Å². The lowest BCUT2D eigenvalue weighted by Crippen LogP contribution is -2.39. The summed E-state index contributed by atoms with van der Waals surface area (Å²) in [5.74, 6) is -1.58. The Morgan fingerprint density at radius 2 is 1.50 bits per heavy atom. The first kappa shape index (κ1) is 19.8. The van der Waals surface area contributed by atoms with Crippen LogP contribution in [0.1, 0.15) is 11.1 Å². The van der Waals surface area contributed by atoms with E-state index >= 15 is 0 Å². The molecule has 26 heavy (non-hydrogen) atoms. The number of amides is 1. The van der Waals surface area contributed by atoms with Crippen molar-refractivity contribution in [1.82, 2.24) is 5.32 Å². The van der Waals surface area contributed by atoms with Crippen LogP contribution in [0.3, 0.4) is 0 Å². The summed E-state index contributed by atoms with van der Waals surface area (Å²) in [6.45, 7) is -0.404. The topological polar surface area (TPSA) is 113 Å². The molecule has 0 heterocycles. The molecule has 138 valence electrons. The third kappa shape index (κ3) is 6.44. The molecule has 0 bridgehead atoms. The average molecular weight is 377 g/mol. The Kier molecular flexibility index (Phi) is 7.09. The Bertz CT molecular complexity index is 775.